The number of rotatable bonds is 2. The molecule has 2 heterocycles. The standard InChI is InChI=1S/C14H11F2NS2/c1-7-2-3-8(13(16)12(7)15)14(17)11-6-10-9(19-11)4-5-18-10/h2-6,14H,17H2,1H3. The molecule has 1 aromatic carbocycles. The summed E-state index contributed by atoms with van der Waals surface area (Å²) in [5, 5.41) is 2.00. The molecule has 2 aromatic heterocycles. The van der Waals surface area contributed by atoms with E-state index < -0.39 is 17.7 Å². The summed E-state index contributed by atoms with van der Waals surface area (Å²) in [5.74, 6) is -1.66. The van der Waals surface area contributed by atoms with Crippen molar-refractivity contribution in [3.63, 3.8) is 0 Å². The molecule has 0 radical (unpaired) electrons. The average molecular weight is 295 g/mol. The van der Waals surface area contributed by atoms with Gasteiger partial charge in [-0.25, -0.2) is 8.78 Å². The van der Waals surface area contributed by atoms with Crippen molar-refractivity contribution in [1.29, 1.82) is 0 Å². The van der Waals surface area contributed by atoms with E-state index in [1.807, 2.05) is 17.5 Å². The molecule has 0 aliphatic carbocycles. The molecule has 0 bridgehead atoms. The van der Waals surface area contributed by atoms with Crippen LogP contribution >= 0.6 is 22.7 Å². The minimum absolute atomic E-state index is 0.206. The van der Waals surface area contributed by atoms with E-state index in [-0.39, 0.29) is 5.56 Å². The smallest absolute Gasteiger partial charge is 0.164 e. The Morgan fingerprint density at radius 3 is 2.63 bits per heavy atom. The third-order valence-corrected chi connectivity index (χ3v) is 5.28. The maximum atomic E-state index is 13.9. The zero-order chi connectivity index (χ0) is 13.6. The van der Waals surface area contributed by atoms with Gasteiger partial charge in [0.2, 0.25) is 0 Å². The highest BCUT2D eigenvalue weighted by Crippen LogP contribution is 2.35. The quantitative estimate of drug-likeness (QED) is 0.735. The number of aryl methyl sites for hydroxylation is 1. The maximum absolute atomic E-state index is 13.9. The van der Waals surface area contributed by atoms with Crippen molar-refractivity contribution in [2.75, 3.05) is 0 Å². The monoisotopic (exact) mass is 295 g/mol. The van der Waals surface area contributed by atoms with Crippen LogP contribution in [0.1, 0.15) is 22.0 Å². The van der Waals surface area contributed by atoms with Crippen LogP contribution in [0.15, 0.2) is 29.6 Å². The number of benzene rings is 1. The second-order valence-electron chi connectivity index (χ2n) is 4.38. The van der Waals surface area contributed by atoms with Crippen LogP contribution in [0.5, 0.6) is 0 Å². The summed E-state index contributed by atoms with van der Waals surface area (Å²) in [6.45, 7) is 1.54. The van der Waals surface area contributed by atoms with E-state index >= 15 is 0 Å². The maximum Gasteiger partial charge on any atom is 0.164 e. The lowest BCUT2D eigenvalue weighted by molar-refractivity contribution is 0.490. The van der Waals surface area contributed by atoms with E-state index in [1.165, 1.54) is 18.3 Å². The zero-order valence-corrected chi connectivity index (χ0v) is 11.7. The fourth-order valence-corrected chi connectivity index (χ4v) is 4.13. The Hall–Kier alpha value is -1.30. The third kappa shape index (κ3) is 2.08. The number of hydrogen-bond acceptors (Lipinski definition) is 3. The van der Waals surface area contributed by atoms with Gasteiger partial charge < -0.3 is 5.73 Å². The molecule has 0 aliphatic heterocycles. The fourth-order valence-electron chi connectivity index (χ4n) is 1.99. The van der Waals surface area contributed by atoms with Crippen LogP contribution in [-0.4, -0.2) is 0 Å². The number of thiophene rings is 2. The van der Waals surface area contributed by atoms with Crippen molar-refractivity contribution in [2.24, 2.45) is 5.73 Å². The lowest BCUT2D eigenvalue weighted by atomic mass is 10.0. The van der Waals surface area contributed by atoms with Crippen LogP contribution in [0, 0.1) is 18.6 Å². The van der Waals surface area contributed by atoms with Crippen molar-refractivity contribution < 1.29 is 8.78 Å². The predicted octanol–water partition coefficient (Wildman–Crippen LogP) is 4.60. The molecule has 1 atom stereocenters. The summed E-state index contributed by atoms with van der Waals surface area (Å²) in [6.07, 6.45) is 0. The Kier molecular flexibility index (Phi) is 3.12. The van der Waals surface area contributed by atoms with Crippen LogP contribution in [0.4, 0.5) is 8.78 Å². The number of halogens is 2. The van der Waals surface area contributed by atoms with Gasteiger partial charge in [-0.1, -0.05) is 12.1 Å². The van der Waals surface area contributed by atoms with Gasteiger partial charge in [0.05, 0.1) is 6.04 Å². The van der Waals surface area contributed by atoms with Crippen molar-refractivity contribution >= 4 is 32.1 Å². The Bertz CT molecular complexity index is 717. The molecule has 2 N–H and O–H groups in total. The van der Waals surface area contributed by atoms with Gasteiger partial charge in [-0.3, -0.25) is 0 Å². The first-order valence-corrected chi connectivity index (χ1v) is 7.44. The van der Waals surface area contributed by atoms with E-state index in [1.54, 1.807) is 23.5 Å². The zero-order valence-electron chi connectivity index (χ0n) is 10.1. The fraction of sp³-hybridized carbons (Fsp3) is 0.143. The highest BCUT2D eigenvalue weighted by Gasteiger charge is 2.19. The summed E-state index contributed by atoms with van der Waals surface area (Å²) in [4.78, 5) is 0.851. The predicted molar refractivity (Wildman–Crippen MR) is 76.8 cm³/mol. The molecule has 1 nitrogen and oxygen atoms in total. The number of fused-ring (bicyclic) bond motifs is 1. The molecule has 0 saturated carbocycles. The summed E-state index contributed by atoms with van der Waals surface area (Å²) < 4.78 is 29.8. The highest BCUT2D eigenvalue weighted by molar-refractivity contribution is 7.27. The highest BCUT2D eigenvalue weighted by atomic mass is 32.1. The Balaban J connectivity index is 2.06. The van der Waals surface area contributed by atoms with Crippen LogP contribution in [0.25, 0.3) is 9.40 Å². The molecule has 0 aliphatic rings. The molecule has 0 saturated heterocycles. The van der Waals surface area contributed by atoms with Crippen LogP contribution < -0.4 is 5.73 Å². The number of nitrogens with two attached hydrogens (primary N) is 1. The van der Waals surface area contributed by atoms with Crippen LogP contribution in [0.3, 0.4) is 0 Å². The van der Waals surface area contributed by atoms with Crippen molar-refractivity contribution in [3.05, 3.63) is 57.3 Å². The summed E-state index contributed by atoms with van der Waals surface area (Å²) >= 11 is 3.14. The first kappa shape index (κ1) is 12.7. The molecular formula is C14H11F2NS2. The largest absolute Gasteiger partial charge is 0.320 e. The minimum atomic E-state index is -0.843. The second-order valence-corrected chi connectivity index (χ2v) is 6.44. The van der Waals surface area contributed by atoms with Gasteiger partial charge in [-0.2, -0.15) is 0 Å². The van der Waals surface area contributed by atoms with E-state index in [9.17, 15) is 8.78 Å². The van der Waals surface area contributed by atoms with Gasteiger partial charge in [0, 0.05) is 19.8 Å². The molecule has 0 spiro atoms. The average Bonchev–Trinajstić information content (AvgIpc) is 2.96. The van der Waals surface area contributed by atoms with Crippen molar-refractivity contribution in [3.8, 4) is 0 Å². The SMILES string of the molecule is Cc1ccc(C(N)c2cc3sccc3s2)c(F)c1F. The minimum Gasteiger partial charge on any atom is -0.320 e. The molecule has 0 fully saturated rings. The van der Waals surface area contributed by atoms with Gasteiger partial charge in [0.15, 0.2) is 11.6 Å². The molecule has 98 valence electrons. The molecule has 3 rings (SSSR count). The van der Waals surface area contributed by atoms with Gasteiger partial charge in [0.25, 0.3) is 0 Å². The molecule has 3 aromatic rings. The molecule has 5 heteroatoms. The summed E-state index contributed by atoms with van der Waals surface area (Å²) in [6, 6.07) is 6.45. The van der Waals surface area contributed by atoms with Gasteiger partial charge >= 0.3 is 0 Å². The molecular weight excluding hydrogens is 284 g/mol. The molecule has 1 unspecified atom stereocenters. The van der Waals surface area contributed by atoms with E-state index in [2.05, 4.69) is 0 Å². The second kappa shape index (κ2) is 4.67. The first-order valence-electron chi connectivity index (χ1n) is 5.75. The van der Waals surface area contributed by atoms with Gasteiger partial charge in [0.1, 0.15) is 0 Å². The summed E-state index contributed by atoms with van der Waals surface area (Å²) in [7, 11) is 0. The summed E-state index contributed by atoms with van der Waals surface area (Å²) in [5.41, 5.74) is 6.57. The third-order valence-electron chi connectivity index (χ3n) is 3.11. The number of hydrogen-bond donors (Lipinski definition) is 1. The lowest BCUT2D eigenvalue weighted by Gasteiger charge is -2.12. The van der Waals surface area contributed by atoms with Crippen molar-refractivity contribution in [1.82, 2.24) is 0 Å². The van der Waals surface area contributed by atoms with Crippen molar-refractivity contribution in [2.45, 2.75) is 13.0 Å². The van der Waals surface area contributed by atoms with E-state index in [0.717, 1.165) is 14.3 Å². The Morgan fingerprint density at radius 2 is 1.89 bits per heavy atom. The molecule has 19 heavy (non-hydrogen) atoms. The Morgan fingerprint density at radius 1 is 1.11 bits per heavy atom. The van der Waals surface area contributed by atoms with E-state index in [4.69, 9.17) is 5.73 Å². The van der Waals surface area contributed by atoms with Gasteiger partial charge in [-0.15, -0.1) is 22.7 Å². The lowest BCUT2D eigenvalue weighted by Crippen LogP contribution is -2.13. The topological polar surface area (TPSA) is 26.0 Å². The van der Waals surface area contributed by atoms with Crippen LogP contribution in [-0.2, 0) is 0 Å². The normalized spacial score (nSPS) is 13.1. The first-order chi connectivity index (χ1) is 9.08. The van der Waals surface area contributed by atoms with Gasteiger partial charge in [-0.05, 0) is 30.0 Å². The Labute approximate surface area is 117 Å². The molecule has 0 amide bonds. The van der Waals surface area contributed by atoms with E-state index in [0.29, 0.717) is 5.56 Å². The van der Waals surface area contributed by atoms with Crippen LogP contribution in [0.2, 0.25) is 0 Å².